The molecule has 1 heterocycles. The minimum atomic E-state index is -5.07. The number of carboxylic acids is 1. The Morgan fingerprint density at radius 3 is 2.02 bits per heavy atom. The number of aryl methyl sites for hydroxylation is 1. The van der Waals surface area contributed by atoms with Crippen molar-refractivity contribution in [2.75, 3.05) is 6.54 Å². The number of ketones is 1. The van der Waals surface area contributed by atoms with Crippen molar-refractivity contribution in [3.63, 3.8) is 0 Å². The summed E-state index contributed by atoms with van der Waals surface area (Å²) in [7, 11) is 0. The van der Waals surface area contributed by atoms with Crippen molar-refractivity contribution in [3.8, 4) is 0 Å². The second-order valence-electron chi connectivity index (χ2n) is 10.6. The average Bonchev–Trinajstić information content (AvgIpc) is 3.38. The summed E-state index contributed by atoms with van der Waals surface area (Å²) in [6.07, 6.45) is -8.60. The number of carbonyl (C=O) groups excluding carboxylic acids is 2. The van der Waals surface area contributed by atoms with E-state index in [-0.39, 0.29) is 46.9 Å². The molecule has 4 rings (SSSR count). The number of alkyl halides is 6. The molecule has 1 aromatic heterocycles. The number of halogens is 8. The van der Waals surface area contributed by atoms with Gasteiger partial charge in [0.15, 0.2) is 11.5 Å². The smallest absolute Gasteiger partial charge is 0.433 e. The molecule has 0 radical (unpaired) electrons. The van der Waals surface area contributed by atoms with Crippen LogP contribution in [0.3, 0.4) is 0 Å². The summed E-state index contributed by atoms with van der Waals surface area (Å²) < 4.78 is 83.3. The summed E-state index contributed by atoms with van der Waals surface area (Å²) in [5.74, 6) is -3.82. The standard InChI is InChI=1S/C29H25Cl2F6N3O4/c1-15-10-21(30)24(22(31)11-15)23(41)14-39(13-16-2-6-18(7-3-16)28(32,33)34)26(42)20-12-38-40(25(20)29(35,36)37)19-8-4-17(5-9-19)27(43)44/h2-3,6-7,10-12,17,19H,4-5,8-9,13-14H2,1H3,(H,43,44)/t17-,19-. The Kier molecular flexibility index (Phi) is 9.69. The van der Waals surface area contributed by atoms with Crippen LogP contribution >= 0.6 is 23.2 Å². The fraction of sp³-hybridized carbons (Fsp3) is 0.379. The van der Waals surface area contributed by atoms with E-state index < -0.39 is 71.9 Å². The third-order valence-corrected chi connectivity index (χ3v) is 8.02. The summed E-state index contributed by atoms with van der Waals surface area (Å²) in [5, 5.41) is 13.0. The summed E-state index contributed by atoms with van der Waals surface area (Å²) in [6, 6.07) is 5.64. The first-order valence-electron chi connectivity index (χ1n) is 13.3. The van der Waals surface area contributed by atoms with Gasteiger partial charge in [0.05, 0.1) is 51.4 Å². The molecule has 15 heteroatoms. The molecule has 236 valence electrons. The maximum Gasteiger partial charge on any atom is 0.433 e. The zero-order valence-corrected chi connectivity index (χ0v) is 24.5. The molecular weight excluding hydrogens is 639 g/mol. The van der Waals surface area contributed by atoms with Crippen LogP contribution in [0.5, 0.6) is 0 Å². The number of rotatable bonds is 8. The molecule has 0 atom stereocenters. The highest BCUT2D eigenvalue weighted by Gasteiger charge is 2.43. The maximum atomic E-state index is 14.4. The Morgan fingerprint density at radius 2 is 1.52 bits per heavy atom. The third kappa shape index (κ3) is 7.37. The first kappa shape index (κ1) is 33.3. The molecule has 44 heavy (non-hydrogen) atoms. The van der Waals surface area contributed by atoms with E-state index in [0.717, 1.165) is 35.4 Å². The van der Waals surface area contributed by atoms with Gasteiger partial charge in [-0.25, -0.2) is 0 Å². The lowest BCUT2D eigenvalue weighted by Gasteiger charge is -2.28. The fourth-order valence-corrected chi connectivity index (χ4v) is 6.06. The van der Waals surface area contributed by atoms with Crippen molar-refractivity contribution < 1.29 is 45.8 Å². The summed E-state index contributed by atoms with van der Waals surface area (Å²) in [4.78, 5) is 39.2. The SMILES string of the molecule is Cc1cc(Cl)c(C(=O)CN(Cc2ccc(C(F)(F)F)cc2)C(=O)c2cnn([C@H]3CC[C@H](C(=O)O)CC3)c2C(F)(F)F)c(Cl)c1. The number of carboxylic acid groups (broad SMARTS) is 1. The van der Waals surface area contributed by atoms with Crippen LogP contribution in [0.2, 0.25) is 10.0 Å². The molecule has 0 saturated heterocycles. The number of hydrogen-bond donors (Lipinski definition) is 1. The molecule has 1 amide bonds. The van der Waals surface area contributed by atoms with Gasteiger partial charge in [0.1, 0.15) is 0 Å². The van der Waals surface area contributed by atoms with Crippen molar-refractivity contribution in [1.82, 2.24) is 14.7 Å². The molecule has 1 aliphatic rings. The Balaban J connectivity index is 1.72. The van der Waals surface area contributed by atoms with Crippen molar-refractivity contribution in [2.24, 2.45) is 5.92 Å². The average molecular weight is 664 g/mol. The minimum Gasteiger partial charge on any atom is -0.481 e. The lowest BCUT2D eigenvalue weighted by Crippen LogP contribution is -2.37. The predicted octanol–water partition coefficient (Wildman–Crippen LogP) is 7.88. The van der Waals surface area contributed by atoms with Crippen molar-refractivity contribution in [2.45, 2.75) is 57.5 Å². The first-order valence-corrected chi connectivity index (χ1v) is 14.0. The zero-order chi connectivity index (χ0) is 32.6. The number of amides is 1. The highest BCUT2D eigenvalue weighted by Crippen LogP contribution is 2.39. The second kappa shape index (κ2) is 12.8. The van der Waals surface area contributed by atoms with Gasteiger partial charge in [0.25, 0.3) is 5.91 Å². The van der Waals surface area contributed by atoms with E-state index in [1.807, 2.05) is 0 Å². The number of hydrogen-bond acceptors (Lipinski definition) is 4. The van der Waals surface area contributed by atoms with Crippen molar-refractivity contribution >= 4 is 40.9 Å². The molecule has 0 aliphatic heterocycles. The third-order valence-electron chi connectivity index (χ3n) is 7.43. The molecule has 0 unspecified atom stereocenters. The lowest BCUT2D eigenvalue weighted by atomic mass is 9.86. The number of aliphatic carboxylic acids is 1. The molecule has 0 bridgehead atoms. The Labute approximate surface area is 257 Å². The van der Waals surface area contributed by atoms with Gasteiger partial charge in [-0.05, 0) is 68.0 Å². The minimum absolute atomic E-state index is 0.0531. The van der Waals surface area contributed by atoms with Crippen molar-refractivity contribution in [3.05, 3.63) is 86.2 Å². The quantitative estimate of drug-likeness (QED) is 0.196. The van der Waals surface area contributed by atoms with E-state index in [0.29, 0.717) is 10.2 Å². The van der Waals surface area contributed by atoms with Crippen LogP contribution in [0.1, 0.15) is 74.8 Å². The highest BCUT2D eigenvalue weighted by molar-refractivity contribution is 6.40. The topological polar surface area (TPSA) is 92.5 Å². The van der Waals surface area contributed by atoms with Gasteiger partial charge < -0.3 is 10.0 Å². The highest BCUT2D eigenvalue weighted by atomic mass is 35.5. The number of Topliss-reactive ketones (excluding diaryl/α,β-unsaturated/α-hetero) is 1. The van der Waals surface area contributed by atoms with Crippen LogP contribution in [0.25, 0.3) is 0 Å². The van der Waals surface area contributed by atoms with Crippen LogP contribution in [0.15, 0.2) is 42.6 Å². The lowest BCUT2D eigenvalue weighted by molar-refractivity contribution is -0.147. The van der Waals surface area contributed by atoms with Crippen LogP contribution in [0.4, 0.5) is 26.3 Å². The summed E-state index contributed by atoms with van der Waals surface area (Å²) in [6.45, 7) is 0.321. The van der Waals surface area contributed by atoms with Crippen molar-refractivity contribution in [1.29, 1.82) is 0 Å². The molecule has 1 aliphatic carbocycles. The first-order chi connectivity index (χ1) is 20.5. The maximum absolute atomic E-state index is 14.4. The molecule has 1 saturated carbocycles. The number of benzene rings is 2. The fourth-order valence-electron chi connectivity index (χ4n) is 5.25. The largest absolute Gasteiger partial charge is 0.481 e. The second-order valence-corrected chi connectivity index (χ2v) is 11.4. The summed E-state index contributed by atoms with van der Waals surface area (Å²) in [5.41, 5.74) is -2.68. The van der Waals surface area contributed by atoms with Crippen LogP contribution in [-0.4, -0.2) is 44.0 Å². The monoisotopic (exact) mass is 663 g/mol. The van der Waals surface area contributed by atoms with Crippen LogP contribution in [-0.2, 0) is 23.7 Å². The molecular formula is C29H25Cl2F6N3O4. The van der Waals surface area contributed by atoms with Gasteiger partial charge in [-0.1, -0.05) is 35.3 Å². The van der Waals surface area contributed by atoms with Gasteiger partial charge in [0, 0.05) is 6.54 Å². The molecule has 1 fully saturated rings. The number of carbonyl (C=O) groups is 3. The zero-order valence-electron chi connectivity index (χ0n) is 23.0. The normalized spacial score (nSPS) is 17.4. The predicted molar refractivity (Wildman–Crippen MR) is 148 cm³/mol. The van der Waals surface area contributed by atoms with E-state index in [1.54, 1.807) is 6.92 Å². The number of aromatic nitrogens is 2. The van der Waals surface area contributed by atoms with E-state index in [1.165, 1.54) is 12.1 Å². The molecule has 3 aromatic rings. The van der Waals surface area contributed by atoms with Gasteiger partial charge in [-0.2, -0.15) is 31.4 Å². The molecule has 2 aromatic carbocycles. The Bertz CT molecular complexity index is 1540. The van der Waals surface area contributed by atoms with Crippen LogP contribution in [0, 0.1) is 12.8 Å². The van der Waals surface area contributed by atoms with Crippen LogP contribution < -0.4 is 0 Å². The summed E-state index contributed by atoms with van der Waals surface area (Å²) >= 11 is 12.4. The molecule has 7 nitrogen and oxygen atoms in total. The Hall–Kier alpha value is -3.58. The van der Waals surface area contributed by atoms with E-state index >= 15 is 0 Å². The van der Waals surface area contributed by atoms with E-state index in [4.69, 9.17) is 23.2 Å². The Morgan fingerprint density at radius 1 is 0.955 bits per heavy atom. The molecule has 0 spiro atoms. The van der Waals surface area contributed by atoms with Gasteiger partial charge in [-0.15, -0.1) is 0 Å². The van der Waals surface area contributed by atoms with Gasteiger partial charge in [0.2, 0.25) is 0 Å². The van der Waals surface area contributed by atoms with E-state index in [9.17, 15) is 45.8 Å². The van der Waals surface area contributed by atoms with Gasteiger partial charge in [-0.3, -0.25) is 19.1 Å². The molecule has 1 N–H and O–H groups in total. The number of nitrogens with zero attached hydrogens (tertiary/aromatic N) is 3. The van der Waals surface area contributed by atoms with E-state index in [2.05, 4.69) is 5.10 Å². The van der Waals surface area contributed by atoms with Gasteiger partial charge >= 0.3 is 18.3 Å².